The molecule has 11 heteroatoms. The minimum absolute atomic E-state index is 0.0121. The highest BCUT2D eigenvalue weighted by atomic mass is 16.6. The van der Waals surface area contributed by atoms with E-state index in [2.05, 4.69) is 10.3 Å². The van der Waals surface area contributed by atoms with Crippen molar-refractivity contribution in [3.05, 3.63) is 30.5 Å². The number of carbonyl (C=O) groups excluding carboxylic acids is 2. The van der Waals surface area contributed by atoms with Gasteiger partial charge < -0.3 is 25.0 Å². The standard InChI is InChI=1S/C21H29N3O4.C4H4O4/c25-18-12-21(7-1-2-8-21)13-19(26)24(18)11-4-3-9-22-14-16-15-27-17-6-5-10-23-20(17)28-16;5-3(6)1-2-4(7)8/h5-6,10,16,22H,1-4,7-9,11-15H2;1-2H,(H,5,6)(H,7,8). The van der Waals surface area contributed by atoms with E-state index in [0.29, 0.717) is 56.3 Å². The highest BCUT2D eigenvalue weighted by molar-refractivity contribution is 5.98. The van der Waals surface area contributed by atoms with Gasteiger partial charge in [0.15, 0.2) is 5.75 Å². The van der Waals surface area contributed by atoms with Crippen LogP contribution in [0.1, 0.15) is 51.4 Å². The van der Waals surface area contributed by atoms with Gasteiger partial charge in [0.05, 0.1) is 0 Å². The Morgan fingerprint density at radius 1 is 1.11 bits per heavy atom. The Bertz CT molecular complexity index is 938. The van der Waals surface area contributed by atoms with E-state index in [0.717, 1.165) is 45.1 Å². The van der Waals surface area contributed by atoms with Crippen LogP contribution in [-0.4, -0.2) is 76.2 Å². The van der Waals surface area contributed by atoms with Gasteiger partial charge in [-0.2, -0.15) is 0 Å². The molecule has 3 aliphatic rings. The number of aliphatic carboxylic acids is 2. The molecule has 3 N–H and O–H groups in total. The topological polar surface area (TPSA) is 155 Å². The fraction of sp³-hybridized carbons (Fsp3) is 0.560. The molecule has 1 unspecified atom stereocenters. The van der Waals surface area contributed by atoms with E-state index < -0.39 is 11.9 Å². The maximum atomic E-state index is 12.4. The molecule has 1 saturated heterocycles. The van der Waals surface area contributed by atoms with Gasteiger partial charge in [-0.15, -0.1) is 0 Å². The quantitative estimate of drug-likeness (QED) is 0.259. The molecule has 11 nitrogen and oxygen atoms in total. The Balaban J connectivity index is 0.000000392. The van der Waals surface area contributed by atoms with Gasteiger partial charge in [-0.25, -0.2) is 14.6 Å². The number of hydrogen-bond donors (Lipinski definition) is 3. The molecule has 3 heterocycles. The number of carbonyl (C=O) groups is 4. The first-order chi connectivity index (χ1) is 17.3. The zero-order valence-corrected chi connectivity index (χ0v) is 20.2. The number of fused-ring (bicyclic) bond motifs is 1. The lowest BCUT2D eigenvalue weighted by atomic mass is 9.76. The van der Waals surface area contributed by atoms with Gasteiger partial charge in [-0.1, -0.05) is 12.8 Å². The predicted molar refractivity (Wildman–Crippen MR) is 128 cm³/mol. The van der Waals surface area contributed by atoms with Crippen LogP contribution in [0.2, 0.25) is 0 Å². The lowest BCUT2D eigenvalue weighted by Gasteiger charge is -2.37. The van der Waals surface area contributed by atoms with Crippen molar-refractivity contribution < 1.29 is 38.9 Å². The molecule has 196 valence electrons. The molecule has 1 spiro atoms. The number of amides is 2. The molecule has 1 aromatic heterocycles. The molecule has 36 heavy (non-hydrogen) atoms. The first-order valence-electron chi connectivity index (χ1n) is 12.2. The zero-order chi connectivity index (χ0) is 26.0. The second-order valence-electron chi connectivity index (χ2n) is 9.28. The van der Waals surface area contributed by atoms with Crippen LogP contribution in [0.25, 0.3) is 0 Å². The van der Waals surface area contributed by atoms with Crippen LogP contribution < -0.4 is 14.8 Å². The van der Waals surface area contributed by atoms with Gasteiger partial charge >= 0.3 is 11.9 Å². The SMILES string of the molecule is O=C(O)C=CC(=O)O.O=C1CC2(CCCC2)CC(=O)N1CCCCNCC1COc2cccnc2O1. The molecule has 1 saturated carbocycles. The normalized spacial score (nSPS) is 20.3. The molecule has 1 aliphatic carbocycles. The summed E-state index contributed by atoms with van der Waals surface area (Å²) >= 11 is 0. The number of piperidine rings is 1. The van der Waals surface area contributed by atoms with Crippen molar-refractivity contribution in [1.29, 1.82) is 0 Å². The van der Waals surface area contributed by atoms with Gasteiger partial charge in [-0.3, -0.25) is 14.5 Å². The number of unbranched alkanes of at least 4 members (excludes halogenated alkanes) is 1. The summed E-state index contributed by atoms with van der Waals surface area (Å²) in [5, 5.41) is 19.0. The van der Waals surface area contributed by atoms with Crippen molar-refractivity contribution in [3.8, 4) is 11.6 Å². The molecule has 1 atom stereocenters. The Hall–Kier alpha value is -3.47. The molecule has 0 radical (unpaired) electrons. The summed E-state index contributed by atoms with van der Waals surface area (Å²) in [5.74, 6) is -1.22. The maximum absolute atomic E-state index is 12.4. The third-order valence-corrected chi connectivity index (χ3v) is 6.48. The summed E-state index contributed by atoms with van der Waals surface area (Å²) in [7, 11) is 0. The average molecular weight is 504 g/mol. The zero-order valence-electron chi connectivity index (χ0n) is 20.2. The van der Waals surface area contributed by atoms with Crippen LogP contribution in [0.4, 0.5) is 0 Å². The minimum Gasteiger partial charge on any atom is -0.484 e. The molecule has 1 aromatic rings. The summed E-state index contributed by atoms with van der Waals surface area (Å²) in [6.07, 6.45) is 9.99. The number of nitrogens with one attached hydrogen (secondary N) is 1. The lowest BCUT2D eigenvalue weighted by molar-refractivity contribution is -0.153. The number of rotatable bonds is 9. The predicted octanol–water partition coefficient (Wildman–Crippen LogP) is 2.01. The second-order valence-corrected chi connectivity index (χ2v) is 9.28. The number of imide groups is 1. The lowest BCUT2D eigenvalue weighted by Crippen LogP contribution is -2.47. The van der Waals surface area contributed by atoms with Gasteiger partial charge in [0, 0.05) is 44.3 Å². The smallest absolute Gasteiger partial charge is 0.328 e. The highest BCUT2D eigenvalue weighted by Gasteiger charge is 2.44. The van der Waals surface area contributed by atoms with E-state index in [1.165, 1.54) is 4.90 Å². The Morgan fingerprint density at radius 3 is 2.42 bits per heavy atom. The molecule has 2 amide bonds. The van der Waals surface area contributed by atoms with Crippen molar-refractivity contribution in [2.24, 2.45) is 5.41 Å². The van der Waals surface area contributed by atoms with Crippen LogP contribution in [-0.2, 0) is 19.2 Å². The summed E-state index contributed by atoms with van der Waals surface area (Å²) in [6.45, 7) is 2.54. The van der Waals surface area contributed by atoms with E-state index in [1.807, 2.05) is 12.1 Å². The van der Waals surface area contributed by atoms with Crippen molar-refractivity contribution in [2.45, 2.75) is 57.5 Å². The van der Waals surface area contributed by atoms with Gasteiger partial charge in [-0.05, 0) is 49.8 Å². The van der Waals surface area contributed by atoms with E-state index in [-0.39, 0.29) is 23.3 Å². The molecule has 4 rings (SSSR count). The van der Waals surface area contributed by atoms with Crippen molar-refractivity contribution in [3.63, 3.8) is 0 Å². The summed E-state index contributed by atoms with van der Waals surface area (Å²) in [5.41, 5.74) is -0.0121. The summed E-state index contributed by atoms with van der Waals surface area (Å²) < 4.78 is 11.5. The number of nitrogens with zero attached hydrogens (tertiary/aromatic N) is 2. The van der Waals surface area contributed by atoms with Crippen LogP contribution in [0.15, 0.2) is 30.5 Å². The summed E-state index contributed by atoms with van der Waals surface area (Å²) in [4.78, 5) is 49.7. The fourth-order valence-corrected chi connectivity index (χ4v) is 4.74. The third-order valence-electron chi connectivity index (χ3n) is 6.48. The van der Waals surface area contributed by atoms with Gasteiger partial charge in [0.2, 0.25) is 11.8 Å². The first-order valence-corrected chi connectivity index (χ1v) is 12.2. The van der Waals surface area contributed by atoms with Gasteiger partial charge in [0.1, 0.15) is 12.7 Å². The Morgan fingerprint density at radius 2 is 1.78 bits per heavy atom. The van der Waals surface area contributed by atoms with Crippen LogP contribution in [0, 0.1) is 5.41 Å². The number of aromatic nitrogens is 1. The first kappa shape index (κ1) is 27.1. The van der Waals surface area contributed by atoms with E-state index in [1.54, 1.807) is 6.20 Å². The fourth-order valence-electron chi connectivity index (χ4n) is 4.74. The number of ether oxygens (including phenoxy) is 2. The molecule has 0 bridgehead atoms. The second kappa shape index (κ2) is 13.0. The largest absolute Gasteiger partial charge is 0.484 e. The Kier molecular flexibility index (Phi) is 9.80. The maximum Gasteiger partial charge on any atom is 0.328 e. The number of likely N-dealkylation sites (tertiary alicyclic amines) is 1. The minimum atomic E-state index is -1.26. The third kappa shape index (κ3) is 8.04. The average Bonchev–Trinajstić information content (AvgIpc) is 3.28. The van der Waals surface area contributed by atoms with E-state index in [9.17, 15) is 19.2 Å². The van der Waals surface area contributed by atoms with Crippen LogP contribution in [0.5, 0.6) is 11.6 Å². The molecule has 2 aliphatic heterocycles. The van der Waals surface area contributed by atoms with Crippen LogP contribution >= 0.6 is 0 Å². The van der Waals surface area contributed by atoms with Gasteiger partial charge in [0.25, 0.3) is 5.88 Å². The van der Waals surface area contributed by atoms with Crippen LogP contribution in [0.3, 0.4) is 0 Å². The number of hydrogen-bond acceptors (Lipinski definition) is 8. The molecular formula is C25H33N3O8. The van der Waals surface area contributed by atoms with E-state index >= 15 is 0 Å². The summed E-state index contributed by atoms with van der Waals surface area (Å²) in [6, 6.07) is 3.68. The molecule has 0 aromatic carbocycles. The van der Waals surface area contributed by atoms with Crippen molar-refractivity contribution in [2.75, 3.05) is 26.2 Å². The number of pyridine rings is 1. The molecule has 2 fully saturated rings. The number of carboxylic acid groups (broad SMARTS) is 2. The number of carboxylic acids is 2. The van der Waals surface area contributed by atoms with Crippen molar-refractivity contribution in [1.82, 2.24) is 15.2 Å². The van der Waals surface area contributed by atoms with Crippen molar-refractivity contribution >= 4 is 23.8 Å². The Labute approximate surface area is 209 Å². The highest BCUT2D eigenvalue weighted by Crippen LogP contribution is 2.46. The van der Waals surface area contributed by atoms with E-state index in [4.69, 9.17) is 19.7 Å². The monoisotopic (exact) mass is 503 g/mol. The molecular weight excluding hydrogens is 470 g/mol.